The molecule has 2 N–H and O–H groups in total. The number of unbranched alkanes of at least 4 members (excludes halogenated alkanes) is 1. The van der Waals surface area contributed by atoms with Gasteiger partial charge in [-0.15, -0.1) is 0 Å². The molecule has 2 aromatic carbocycles. The average molecular weight is 726 g/mol. The van der Waals surface area contributed by atoms with Crippen LogP contribution in [-0.2, 0) is 29.3 Å². The van der Waals surface area contributed by atoms with Crippen LogP contribution in [-0.4, -0.2) is 29.3 Å². The normalized spacial score (nSPS) is 37.8. The van der Waals surface area contributed by atoms with Crippen molar-refractivity contribution >= 4 is 27.8 Å². The Kier molecular flexibility index (Phi) is 8.94. The van der Waals surface area contributed by atoms with Gasteiger partial charge in [0.25, 0.3) is 0 Å². The molecular formula is C37H50NO3PPdS. The number of para-hydroxylation sites is 1. The molecule has 8 fully saturated rings. The summed E-state index contributed by atoms with van der Waals surface area (Å²) in [7, 11) is -5.03. The molecule has 10 rings (SSSR count). The predicted molar refractivity (Wildman–Crippen MR) is 178 cm³/mol. The van der Waals surface area contributed by atoms with E-state index in [1.165, 1.54) is 57.8 Å². The molecule has 242 valence electrons. The number of hydrogen-bond donors (Lipinski definition) is 1. The number of hydrogen-bond acceptors (Lipinski definition) is 4. The summed E-state index contributed by atoms with van der Waals surface area (Å²) in [6.45, 7) is 2.23. The first-order valence-corrected chi connectivity index (χ1v) is 21.2. The van der Waals surface area contributed by atoms with Crippen molar-refractivity contribution in [2.75, 3.05) is 11.9 Å². The van der Waals surface area contributed by atoms with Crippen LogP contribution in [0.25, 0.3) is 11.1 Å². The van der Waals surface area contributed by atoms with Crippen LogP contribution in [0.3, 0.4) is 0 Å². The van der Waals surface area contributed by atoms with Crippen LogP contribution >= 0.6 is 7.92 Å². The van der Waals surface area contributed by atoms with E-state index in [-0.39, 0.29) is 10.6 Å². The average Bonchev–Trinajstić information content (AvgIpc) is 2.94. The third-order valence-corrected chi connectivity index (χ3v) is 19.6. The zero-order valence-electron chi connectivity index (χ0n) is 26.2. The third kappa shape index (κ3) is 6.03. The van der Waals surface area contributed by atoms with Gasteiger partial charge < -0.3 is 4.55 Å². The van der Waals surface area contributed by atoms with Crippen molar-refractivity contribution in [1.82, 2.24) is 0 Å². The molecule has 2 atom stereocenters. The van der Waals surface area contributed by atoms with Crippen LogP contribution < -0.4 is 9.77 Å². The first-order valence-electron chi connectivity index (χ1n) is 17.4. The van der Waals surface area contributed by atoms with Gasteiger partial charge in [-0.2, -0.15) is 0 Å². The van der Waals surface area contributed by atoms with Gasteiger partial charge in [0.2, 0.25) is 0 Å². The Morgan fingerprint density at radius 2 is 1.25 bits per heavy atom. The van der Waals surface area contributed by atoms with Gasteiger partial charge in [0, 0.05) is 0 Å². The summed E-state index contributed by atoms with van der Waals surface area (Å²) in [4.78, 5) is -0.531. The molecule has 8 aliphatic rings. The van der Waals surface area contributed by atoms with E-state index in [1.807, 2.05) is 42.5 Å². The second-order valence-electron chi connectivity index (χ2n) is 15.8. The summed E-state index contributed by atoms with van der Waals surface area (Å²) < 4.78 is 40.7. The van der Waals surface area contributed by atoms with Crippen molar-refractivity contribution in [1.29, 1.82) is 0 Å². The summed E-state index contributed by atoms with van der Waals surface area (Å²) in [6, 6.07) is 16.0. The second-order valence-corrected chi connectivity index (χ2v) is 21.3. The zero-order chi connectivity index (χ0) is 30.7. The fraction of sp³-hybridized carbons (Fsp3) is 0.676. The molecule has 0 saturated heterocycles. The Hall–Kier alpha value is -0.758. The molecular weight excluding hydrogens is 676 g/mol. The summed E-state index contributed by atoms with van der Waals surface area (Å²) in [5.41, 5.74) is 8.79. The number of rotatable bonds is 8. The number of nitrogen functional groups attached to an aromatic ring is 1. The van der Waals surface area contributed by atoms with Crippen molar-refractivity contribution in [3.8, 4) is 11.1 Å². The van der Waals surface area contributed by atoms with Gasteiger partial charge in [-0.3, -0.25) is 0 Å². The Morgan fingerprint density at radius 3 is 1.70 bits per heavy atom. The molecule has 8 saturated carbocycles. The van der Waals surface area contributed by atoms with Crippen LogP contribution in [0.1, 0.15) is 96.8 Å². The van der Waals surface area contributed by atoms with E-state index in [0.29, 0.717) is 17.8 Å². The quantitative estimate of drug-likeness (QED) is 0.128. The van der Waals surface area contributed by atoms with Crippen molar-refractivity contribution in [2.24, 2.45) is 40.9 Å². The molecule has 0 spiro atoms. The van der Waals surface area contributed by atoms with Gasteiger partial charge in [-0.1, -0.05) is 21.3 Å². The minimum absolute atomic E-state index is 0.155. The number of anilines is 1. The molecule has 8 bridgehead atoms. The van der Waals surface area contributed by atoms with Crippen molar-refractivity contribution in [2.45, 2.75) is 107 Å². The topological polar surface area (TPSA) is 83.2 Å². The fourth-order valence-electron chi connectivity index (χ4n) is 12.0. The molecule has 8 aliphatic carbocycles. The molecule has 44 heavy (non-hydrogen) atoms. The first kappa shape index (κ1) is 31.8. The SMILES string of the molecule is CCCCP(C(C12CC3CC(CC(C3)C1)C2)S(=O)(=O)[O-])C12CC3CC(CC(C3)C1)C2.Nc1ccccc1-c1cccc[c]1[Pd+]. The maximum atomic E-state index is 13.2. The minimum atomic E-state index is -4.27. The van der Waals surface area contributed by atoms with E-state index in [1.54, 1.807) is 0 Å². The van der Waals surface area contributed by atoms with Crippen molar-refractivity contribution in [3.05, 3.63) is 48.5 Å². The van der Waals surface area contributed by atoms with Crippen LogP contribution in [0.4, 0.5) is 5.69 Å². The molecule has 7 heteroatoms. The van der Waals surface area contributed by atoms with Crippen LogP contribution in [0, 0.1) is 40.9 Å². The van der Waals surface area contributed by atoms with E-state index in [0.717, 1.165) is 76.9 Å². The Morgan fingerprint density at radius 1 is 0.795 bits per heavy atom. The predicted octanol–water partition coefficient (Wildman–Crippen LogP) is 8.43. The molecule has 0 aliphatic heterocycles. The first-order chi connectivity index (χ1) is 21.1. The van der Waals surface area contributed by atoms with Gasteiger partial charge >= 0.3 is 94.3 Å². The van der Waals surface area contributed by atoms with Crippen LogP contribution in [0.5, 0.6) is 0 Å². The molecule has 0 radical (unpaired) electrons. The summed E-state index contributed by atoms with van der Waals surface area (Å²) in [5.74, 6) is 4.61. The monoisotopic (exact) mass is 725 g/mol. The van der Waals surface area contributed by atoms with Crippen LogP contribution in [0.2, 0.25) is 0 Å². The fourth-order valence-corrected chi connectivity index (χ4v) is 20.0. The number of benzene rings is 2. The zero-order valence-corrected chi connectivity index (χ0v) is 29.5. The van der Waals surface area contributed by atoms with Crippen molar-refractivity contribution in [3.63, 3.8) is 0 Å². The van der Waals surface area contributed by atoms with Crippen LogP contribution in [0.15, 0.2) is 48.5 Å². The van der Waals surface area contributed by atoms with Gasteiger partial charge in [-0.25, -0.2) is 8.42 Å². The van der Waals surface area contributed by atoms with E-state index in [4.69, 9.17) is 5.73 Å². The third-order valence-electron chi connectivity index (χ3n) is 12.6. The van der Waals surface area contributed by atoms with E-state index in [2.05, 4.69) is 32.2 Å². The Balaban J connectivity index is 0.000000187. The molecule has 2 aromatic rings. The number of nitrogens with two attached hydrogens (primary N) is 1. The molecule has 0 aromatic heterocycles. The van der Waals surface area contributed by atoms with Gasteiger partial charge in [0.15, 0.2) is 0 Å². The maximum absolute atomic E-state index is 13.2. The summed E-state index contributed by atoms with van der Waals surface area (Å²) in [5, 5.41) is 0.227. The van der Waals surface area contributed by atoms with E-state index < -0.39 is 23.0 Å². The van der Waals surface area contributed by atoms with E-state index in [9.17, 15) is 13.0 Å². The van der Waals surface area contributed by atoms with Gasteiger partial charge in [0.1, 0.15) is 10.1 Å². The molecule has 0 amide bonds. The van der Waals surface area contributed by atoms with Crippen molar-refractivity contribution < 1.29 is 32.2 Å². The van der Waals surface area contributed by atoms with Gasteiger partial charge in [0.05, 0.1) is 4.99 Å². The van der Waals surface area contributed by atoms with E-state index >= 15 is 0 Å². The molecule has 0 heterocycles. The molecule has 2 unspecified atom stereocenters. The molecule has 4 nitrogen and oxygen atoms in total. The Labute approximate surface area is 278 Å². The summed E-state index contributed by atoms with van der Waals surface area (Å²) >= 11 is 3.23. The standard InChI is InChI=1S/C25H41O3PS.C12H10N.Pd/c1-2-3-4-29(25-14-20-8-21(15-25)10-22(9-20)16-25)23(30(26,27)28)24-11-17-5-18(12-24)7-19(6-17)13-24;13-12-9-5-4-8-11(12)10-6-2-1-3-7-10;/h17-23H,2-16H2,1H3,(H,26,27,28);1-6,8-9H,13H2;/q;;+1/p-1. The Bertz CT molecular complexity index is 1350. The summed E-state index contributed by atoms with van der Waals surface area (Å²) in [6.07, 6.45) is 18.3. The van der Waals surface area contributed by atoms with Gasteiger partial charge in [-0.05, 0) is 136 Å². The second kappa shape index (κ2) is 12.4.